The fourth-order valence-corrected chi connectivity index (χ4v) is 3.94. The van der Waals surface area contributed by atoms with Gasteiger partial charge in [0.1, 0.15) is 0 Å². The monoisotopic (exact) mass is 335 g/mol. The second-order valence-electron chi connectivity index (χ2n) is 6.86. The third kappa shape index (κ3) is 4.11. The Bertz CT molecular complexity index is 553. The maximum absolute atomic E-state index is 13.2. The number of pyridine rings is 1. The van der Waals surface area contributed by atoms with E-state index in [2.05, 4.69) is 9.88 Å². The topological polar surface area (TPSA) is 45.7 Å². The van der Waals surface area contributed by atoms with Gasteiger partial charge in [-0.25, -0.2) is 4.98 Å². The van der Waals surface area contributed by atoms with Gasteiger partial charge in [-0.3, -0.25) is 4.79 Å². The Morgan fingerprint density at radius 2 is 2.04 bits per heavy atom. The lowest BCUT2D eigenvalue weighted by atomic mass is 9.92. The average Bonchev–Trinajstić information content (AvgIpc) is 2.90. The number of ether oxygens (including phenoxy) is 1. The highest BCUT2D eigenvalue weighted by atomic mass is 19.1. The summed E-state index contributed by atoms with van der Waals surface area (Å²) in [6.07, 6.45) is 4.69. The number of nitrogens with zero attached hydrogens (tertiary/aromatic N) is 3. The molecule has 2 aliphatic heterocycles. The highest BCUT2D eigenvalue weighted by molar-refractivity contribution is 5.94. The normalized spacial score (nSPS) is 24.7. The zero-order chi connectivity index (χ0) is 16.9. The smallest absolute Gasteiger partial charge is 0.254 e. The summed E-state index contributed by atoms with van der Waals surface area (Å²) in [6.45, 7) is 5.67. The molecule has 1 amide bonds. The van der Waals surface area contributed by atoms with E-state index in [1.54, 1.807) is 13.2 Å². The van der Waals surface area contributed by atoms with Crippen molar-refractivity contribution in [1.29, 1.82) is 0 Å². The molecule has 1 aromatic rings. The summed E-state index contributed by atoms with van der Waals surface area (Å²) >= 11 is 0. The summed E-state index contributed by atoms with van der Waals surface area (Å²) in [5.74, 6) is 0.461. The van der Waals surface area contributed by atoms with Crippen molar-refractivity contribution in [2.24, 2.45) is 11.8 Å². The Morgan fingerprint density at radius 3 is 2.67 bits per heavy atom. The van der Waals surface area contributed by atoms with Gasteiger partial charge in [-0.15, -0.1) is 0 Å². The van der Waals surface area contributed by atoms with E-state index in [1.165, 1.54) is 12.3 Å². The van der Waals surface area contributed by atoms with Crippen LogP contribution in [0.5, 0.6) is 0 Å². The van der Waals surface area contributed by atoms with Gasteiger partial charge >= 0.3 is 0 Å². The predicted molar refractivity (Wildman–Crippen MR) is 89.2 cm³/mol. The van der Waals surface area contributed by atoms with Gasteiger partial charge in [0.2, 0.25) is 5.95 Å². The lowest BCUT2D eigenvalue weighted by molar-refractivity contribution is 0.0779. The number of carbonyl (C=O) groups excluding carboxylic acids is 1. The van der Waals surface area contributed by atoms with Gasteiger partial charge in [-0.1, -0.05) is 0 Å². The lowest BCUT2D eigenvalue weighted by Gasteiger charge is -2.21. The van der Waals surface area contributed by atoms with Crippen LogP contribution < -0.4 is 0 Å². The number of fused-ring (bicyclic) bond motifs is 1. The van der Waals surface area contributed by atoms with E-state index in [9.17, 15) is 9.18 Å². The molecule has 2 saturated heterocycles. The summed E-state index contributed by atoms with van der Waals surface area (Å²) in [6, 6.07) is 2.82. The fourth-order valence-electron chi connectivity index (χ4n) is 3.94. The molecule has 0 aliphatic carbocycles. The Hall–Kier alpha value is -1.53. The Morgan fingerprint density at radius 1 is 1.33 bits per heavy atom. The first-order valence-corrected chi connectivity index (χ1v) is 8.79. The quantitative estimate of drug-likeness (QED) is 0.610. The minimum atomic E-state index is -0.596. The molecule has 1 aromatic heterocycles. The first-order valence-electron chi connectivity index (χ1n) is 8.79. The van der Waals surface area contributed by atoms with Crippen molar-refractivity contribution in [3.05, 3.63) is 29.8 Å². The molecule has 0 aromatic carbocycles. The molecule has 0 spiro atoms. The van der Waals surface area contributed by atoms with E-state index in [0.29, 0.717) is 17.4 Å². The standard InChI is InChI=1S/C18H26FN3O2/c1-24-10-2-7-21-8-4-15-12-22(13-16(15)5-9-21)18(23)14-3-6-20-17(19)11-14/h3,6,11,15-16H,2,4-5,7-10,12-13H2,1H3/t15-,16+. The minimum absolute atomic E-state index is 0.0682. The molecule has 24 heavy (non-hydrogen) atoms. The van der Waals surface area contributed by atoms with Gasteiger partial charge in [0.05, 0.1) is 0 Å². The summed E-state index contributed by atoms with van der Waals surface area (Å²) in [5.41, 5.74) is 0.403. The molecule has 5 nitrogen and oxygen atoms in total. The fraction of sp³-hybridized carbons (Fsp3) is 0.667. The number of carbonyl (C=O) groups is 1. The molecule has 2 aliphatic rings. The SMILES string of the molecule is COCCCN1CC[C@@H]2CN(C(=O)c3ccnc(F)c3)C[C@@H]2CC1. The second kappa shape index (κ2) is 8.03. The van der Waals surface area contributed by atoms with Gasteiger partial charge in [-0.2, -0.15) is 4.39 Å². The van der Waals surface area contributed by atoms with Crippen LogP contribution in [0, 0.1) is 17.8 Å². The van der Waals surface area contributed by atoms with Gasteiger partial charge in [0.25, 0.3) is 5.91 Å². The maximum atomic E-state index is 13.2. The molecule has 132 valence electrons. The number of amides is 1. The second-order valence-corrected chi connectivity index (χ2v) is 6.86. The molecule has 0 unspecified atom stereocenters. The van der Waals surface area contributed by atoms with E-state index in [4.69, 9.17) is 4.74 Å². The van der Waals surface area contributed by atoms with E-state index < -0.39 is 5.95 Å². The number of hydrogen-bond acceptors (Lipinski definition) is 4. The van der Waals surface area contributed by atoms with Crippen LogP contribution in [0.2, 0.25) is 0 Å². The molecule has 0 saturated carbocycles. The molecule has 0 bridgehead atoms. The Kier molecular flexibility index (Phi) is 5.79. The molecule has 0 N–H and O–H groups in total. The zero-order valence-electron chi connectivity index (χ0n) is 14.3. The number of likely N-dealkylation sites (tertiary alicyclic amines) is 2. The molecular formula is C18H26FN3O2. The molecule has 3 heterocycles. The van der Waals surface area contributed by atoms with Crippen molar-refractivity contribution in [1.82, 2.24) is 14.8 Å². The van der Waals surface area contributed by atoms with Crippen molar-refractivity contribution in [2.75, 3.05) is 46.4 Å². The number of halogens is 1. The van der Waals surface area contributed by atoms with Crippen LogP contribution in [-0.4, -0.2) is 67.1 Å². The van der Waals surface area contributed by atoms with Crippen LogP contribution in [0.15, 0.2) is 18.3 Å². The van der Waals surface area contributed by atoms with Crippen LogP contribution in [0.1, 0.15) is 29.6 Å². The van der Waals surface area contributed by atoms with Crippen molar-refractivity contribution in [3.8, 4) is 0 Å². The maximum Gasteiger partial charge on any atom is 0.254 e. The van der Waals surface area contributed by atoms with E-state index >= 15 is 0 Å². The van der Waals surface area contributed by atoms with E-state index in [-0.39, 0.29) is 5.91 Å². The number of aromatic nitrogens is 1. The molecule has 0 radical (unpaired) electrons. The number of hydrogen-bond donors (Lipinski definition) is 0. The van der Waals surface area contributed by atoms with Gasteiger partial charge in [-0.05, 0) is 50.3 Å². The Balaban J connectivity index is 1.54. The number of methoxy groups -OCH3 is 1. The van der Waals surface area contributed by atoms with Crippen LogP contribution in [0.25, 0.3) is 0 Å². The molecule has 2 atom stereocenters. The third-order valence-corrected chi connectivity index (χ3v) is 5.29. The number of rotatable bonds is 5. The summed E-state index contributed by atoms with van der Waals surface area (Å²) < 4.78 is 18.4. The molecular weight excluding hydrogens is 309 g/mol. The van der Waals surface area contributed by atoms with Crippen LogP contribution in [0.4, 0.5) is 4.39 Å². The summed E-state index contributed by atoms with van der Waals surface area (Å²) in [5, 5.41) is 0. The van der Waals surface area contributed by atoms with E-state index in [0.717, 1.165) is 58.6 Å². The summed E-state index contributed by atoms with van der Waals surface area (Å²) in [4.78, 5) is 20.5. The van der Waals surface area contributed by atoms with Crippen LogP contribution in [-0.2, 0) is 4.74 Å². The van der Waals surface area contributed by atoms with Gasteiger partial charge in [0.15, 0.2) is 0 Å². The minimum Gasteiger partial charge on any atom is -0.385 e. The van der Waals surface area contributed by atoms with Gasteiger partial charge < -0.3 is 14.5 Å². The Labute approximate surface area is 142 Å². The van der Waals surface area contributed by atoms with Crippen molar-refractivity contribution < 1.29 is 13.9 Å². The van der Waals surface area contributed by atoms with Crippen molar-refractivity contribution >= 4 is 5.91 Å². The van der Waals surface area contributed by atoms with Gasteiger partial charge in [0, 0.05) is 51.2 Å². The average molecular weight is 335 g/mol. The van der Waals surface area contributed by atoms with Crippen molar-refractivity contribution in [3.63, 3.8) is 0 Å². The predicted octanol–water partition coefficient (Wildman–Crippen LogP) is 2.04. The third-order valence-electron chi connectivity index (χ3n) is 5.29. The van der Waals surface area contributed by atoms with Crippen molar-refractivity contribution in [2.45, 2.75) is 19.3 Å². The van der Waals surface area contributed by atoms with Crippen LogP contribution >= 0.6 is 0 Å². The molecule has 3 rings (SSSR count). The van der Waals surface area contributed by atoms with E-state index in [1.807, 2.05) is 4.90 Å². The highest BCUT2D eigenvalue weighted by Gasteiger charge is 2.37. The lowest BCUT2D eigenvalue weighted by Crippen LogP contribution is -2.31. The highest BCUT2D eigenvalue weighted by Crippen LogP contribution is 2.32. The van der Waals surface area contributed by atoms with Crippen LogP contribution in [0.3, 0.4) is 0 Å². The first kappa shape index (κ1) is 17.3. The first-order chi connectivity index (χ1) is 11.7. The molecule has 2 fully saturated rings. The zero-order valence-corrected chi connectivity index (χ0v) is 14.3. The largest absolute Gasteiger partial charge is 0.385 e. The molecule has 6 heteroatoms. The summed E-state index contributed by atoms with van der Waals surface area (Å²) in [7, 11) is 1.74.